The lowest BCUT2D eigenvalue weighted by Crippen LogP contribution is -2.56. The van der Waals surface area contributed by atoms with Crippen molar-refractivity contribution in [2.45, 2.75) is 25.6 Å². The number of nitrogens with one attached hydrogen (secondary N) is 2. The number of aromatic nitrogens is 2. The van der Waals surface area contributed by atoms with Gasteiger partial charge in [0.25, 0.3) is 0 Å². The van der Waals surface area contributed by atoms with Crippen LogP contribution in [0.1, 0.15) is 12.0 Å². The Balaban J connectivity index is 1.34. The average molecular weight is 418 g/mol. The normalized spacial score (nSPS) is 16.6. The molecule has 7 nitrogen and oxygen atoms in total. The Labute approximate surface area is 182 Å². The fourth-order valence-corrected chi connectivity index (χ4v) is 3.83. The topological polar surface area (TPSA) is 79.3 Å². The number of hydrogen-bond acceptors (Lipinski definition) is 4. The van der Waals surface area contributed by atoms with Gasteiger partial charge >= 0.3 is 0 Å². The van der Waals surface area contributed by atoms with Crippen molar-refractivity contribution in [2.75, 3.05) is 19.6 Å². The maximum Gasteiger partial charge on any atom is 0.237 e. The van der Waals surface area contributed by atoms with Crippen LogP contribution in [0.15, 0.2) is 73.1 Å². The van der Waals surface area contributed by atoms with Crippen LogP contribution in [-0.2, 0) is 22.7 Å². The number of rotatable bonds is 8. The summed E-state index contributed by atoms with van der Waals surface area (Å²) in [6.07, 6.45) is 3.71. The summed E-state index contributed by atoms with van der Waals surface area (Å²) >= 11 is 0. The van der Waals surface area contributed by atoms with Gasteiger partial charge in [-0.2, -0.15) is 5.10 Å². The van der Waals surface area contributed by atoms with E-state index in [4.69, 9.17) is 0 Å². The molecule has 4 rings (SSSR count). The van der Waals surface area contributed by atoms with E-state index in [-0.39, 0.29) is 18.2 Å². The largest absolute Gasteiger partial charge is 0.354 e. The van der Waals surface area contributed by atoms with E-state index in [1.807, 2.05) is 30.5 Å². The second-order valence-electron chi connectivity index (χ2n) is 7.66. The molecular formula is C24H27N5O2. The Morgan fingerprint density at radius 1 is 1.06 bits per heavy atom. The minimum atomic E-state index is -0.466. The molecule has 1 aromatic heterocycles. The maximum absolute atomic E-state index is 12.5. The summed E-state index contributed by atoms with van der Waals surface area (Å²) in [5.41, 5.74) is 3.46. The second kappa shape index (κ2) is 10.0. The van der Waals surface area contributed by atoms with Crippen molar-refractivity contribution in [1.29, 1.82) is 0 Å². The Bertz CT molecular complexity index is 987. The molecule has 1 fully saturated rings. The van der Waals surface area contributed by atoms with Crippen LogP contribution < -0.4 is 10.6 Å². The first kappa shape index (κ1) is 20.8. The highest BCUT2D eigenvalue weighted by atomic mass is 16.2. The highest BCUT2D eigenvalue weighted by molar-refractivity contribution is 5.88. The number of carbonyl (C=O) groups excluding carboxylic acids is 2. The predicted octanol–water partition coefficient (Wildman–Crippen LogP) is 2.06. The van der Waals surface area contributed by atoms with Crippen LogP contribution in [0.3, 0.4) is 0 Å². The molecule has 160 valence electrons. The molecule has 31 heavy (non-hydrogen) atoms. The zero-order valence-electron chi connectivity index (χ0n) is 17.4. The summed E-state index contributed by atoms with van der Waals surface area (Å²) in [6, 6.07) is 20.0. The number of carbonyl (C=O) groups is 2. The van der Waals surface area contributed by atoms with Gasteiger partial charge in [-0.15, -0.1) is 0 Å². The van der Waals surface area contributed by atoms with Gasteiger partial charge in [0, 0.05) is 38.6 Å². The van der Waals surface area contributed by atoms with Gasteiger partial charge in [0.05, 0.1) is 19.0 Å². The number of benzene rings is 2. The smallest absolute Gasteiger partial charge is 0.237 e. The number of piperazine rings is 1. The third kappa shape index (κ3) is 5.58. The first-order chi connectivity index (χ1) is 15.2. The van der Waals surface area contributed by atoms with Gasteiger partial charge in [-0.05, 0) is 22.8 Å². The predicted molar refractivity (Wildman–Crippen MR) is 119 cm³/mol. The van der Waals surface area contributed by atoms with Crippen LogP contribution >= 0.6 is 0 Å². The van der Waals surface area contributed by atoms with Crippen LogP contribution in [0.2, 0.25) is 0 Å². The molecule has 2 aromatic carbocycles. The molecular weight excluding hydrogens is 390 g/mol. The van der Waals surface area contributed by atoms with Crippen LogP contribution in [0.25, 0.3) is 11.1 Å². The molecule has 2 heterocycles. The van der Waals surface area contributed by atoms with E-state index in [9.17, 15) is 9.59 Å². The minimum absolute atomic E-state index is 0.0885. The maximum atomic E-state index is 12.5. The van der Waals surface area contributed by atoms with E-state index < -0.39 is 6.04 Å². The first-order valence-electron chi connectivity index (χ1n) is 10.6. The van der Waals surface area contributed by atoms with Gasteiger partial charge in [0.2, 0.25) is 11.8 Å². The molecule has 1 aliphatic heterocycles. The SMILES string of the molecule is O=C(C[C@@H]1C(=O)NCCN1Cc1ccc(-c2ccccc2)cc1)NCCn1cccn1. The number of hydrogen-bond donors (Lipinski definition) is 2. The summed E-state index contributed by atoms with van der Waals surface area (Å²) in [5, 5.41) is 9.90. The molecule has 0 bridgehead atoms. The van der Waals surface area contributed by atoms with Crippen molar-refractivity contribution in [1.82, 2.24) is 25.3 Å². The highest BCUT2D eigenvalue weighted by Crippen LogP contribution is 2.21. The van der Waals surface area contributed by atoms with Gasteiger partial charge in [-0.3, -0.25) is 19.2 Å². The fourth-order valence-electron chi connectivity index (χ4n) is 3.83. The van der Waals surface area contributed by atoms with Crippen molar-refractivity contribution >= 4 is 11.8 Å². The lowest BCUT2D eigenvalue weighted by molar-refractivity contribution is -0.134. The minimum Gasteiger partial charge on any atom is -0.354 e. The molecule has 1 saturated heterocycles. The summed E-state index contributed by atoms with van der Waals surface area (Å²) in [7, 11) is 0. The van der Waals surface area contributed by atoms with Gasteiger partial charge in [0.1, 0.15) is 0 Å². The third-order valence-electron chi connectivity index (χ3n) is 5.49. The molecule has 1 aliphatic rings. The molecule has 1 atom stereocenters. The zero-order chi connectivity index (χ0) is 21.5. The Morgan fingerprint density at radius 2 is 1.84 bits per heavy atom. The van der Waals surface area contributed by atoms with Crippen LogP contribution in [-0.4, -0.2) is 52.2 Å². The van der Waals surface area contributed by atoms with Crippen LogP contribution in [0.5, 0.6) is 0 Å². The fraction of sp³-hybridized carbons (Fsp3) is 0.292. The van der Waals surface area contributed by atoms with Gasteiger partial charge in [0.15, 0.2) is 0 Å². The van der Waals surface area contributed by atoms with E-state index in [1.54, 1.807) is 10.9 Å². The quantitative estimate of drug-likeness (QED) is 0.588. The van der Waals surface area contributed by atoms with Gasteiger partial charge in [-0.1, -0.05) is 54.6 Å². The van der Waals surface area contributed by atoms with Gasteiger partial charge < -0.3 is 10.6 Å². The first-order valence-corrected chi connectivity index (χ1v) is 10.6. The molecule has 0 saturated carbocycles. The summed E-state index contributed by atoms with van der Waals surface area (Å²) < 4.78 is 1.76. The van der Waals surface area contributed by atoms with E-state index >= 15 is 0 Å². The van der Waals surface area contributed by atoms with E-state index in [0.29, 0.717) is 26.2 Å². The Morgan fingerprint density at radius 3 is 2.58 bits per heavy atom. The summed E-state index contributed by atoms with van der Waals surface area (Å²) in [6.45, 7) is 3.03. The highest BCUT2D eigenvalue weighted by Gasteiger charge is 2.31. The molecule has 0 aliphatic carbocycles. The van der Waals surface area contributed by atoms with E-state index in [2.05, 4.69) is 57.0 Å². The average Bonchev–Trinajstić information content (AvgIpc) is 3.31. The van der Waals surface area contributed by atoms with Crippen LogP contribution in [0.4, 0.5) is 0 Å². The van der Waals surface area contributed by atoms with Crippen molar-refractivity contribution in [3.05, 3.63) is 78.6 Å². The van der Waals surface area contributed by atoms with Gasteiger partial charge in [-0.25, -0.2) is 0 Å². The monoisotopic (exact) mass is 417 g/mol. The summed E-state index contributed by atoms with van der Waals surface area (Å²) in [4.78, 5) is 27.0. The van der Waals surface area contributed by atoms with E-state index in [1.165, 1.54) is 5.56 Å². The lowest BCUT2D eigenvalue weighted by Gasteiger charge is -2.34. The lowest BCUT2D eigenvalue weighted by atomic mass is 10.0. The van der Waals surface area contributed by atoms with Crippen molar-refractivity contribution < 1.29 is 9.59 Å². The van der Waals surface area contributed by atoms with Crippen LogP contribution in [0, 0.1) is 0 Å². The molecule has 0 spiro atoms. The van der Waals surface area contributed by atoms with Crippen molar-refractivity contribution in [3.63, 3.8) is 0 Å². The Hall–Kier alpha value is -3.45. The molecule has 2 N–H and O–H groups in total. The molecule has 0 unspecified atom stereocenters. The second-order valence-corrected chi connectivity index (χ2v) is 7.66. The standard InChI is InChI=1S/C24H27N5O2/c30-23(25-13-16-29-14-4-11-27-29)17-22-24(31)26-12-15-28(22)18-19-7-9-21(10-8-19)20-5-2-1-3-6-20/h1-11,14,22H,12-13,15-18H2,(H,25,30)(H,26,31)/t22-/m1/s1. The zero-order valence-corrected chi connectivity index (χ0v) is 17.4. The molecule has 2 amide bonds. The van der Waals surface area contributed by atoms with Crippen molar-refractivity contribution in [3.8, 4) is 11.1 Å². The molecule has 3 aromatic rings. The number of amides is 2. The Kier molecular flexibility index (Phi) is 6.74. The molecule has 7 heteroatoms. The van der Waals surface area contributed by atoms with E-state index in [0.717, 1.165) is 17.7 Å². The summed E-state index contributed by atoms with van der Waals surface area (Å²) in [5.74, 6) is -0.215. The molecule has 0 radical (unpaired) electrons. The third-order valence-corrected chi connectivity index (χ3v) is 5.49. The number of nitrogens with zero attached hydrogens (tertiary/aromatic N) is 3. The van der Waals surface area contributed by atoms with Crippen molar-refractivity contribution in [2.24, 2.45) is 0 Å².